The maximum Gasteiger partial charge on any atom is 0.284 e. The van der Waals surface area contributed by atoms with Crippen LogP contribution in [0.1, 0.15) is 32.6 Å². The first kappa shape index (κ1) is 22.0. The van der Waals surface area contributed by atoms with Crippen LogP contribution in [0.4, 0.5) is 11.4 Å². The molecule has 4 rings (SSSR count). The first-order valence-corrected chi connectivity index (χ1v) is 10.9. The van der Waals surface area contributed by atoms with E-state index in [1.54, 1.807) is 42.9 Å². The summed E-state index contributed by atoms with van der Waals surface area (Å²) in [6, 6.07) is 8.96. The highest BCUT2D eigenvalue weighted by Gasteiger charge is 2.20. The van der Waals surface area contributed by atoms with E-state index >= 15 is 0 Å². The van der Waals surface area contributed by atoms with E-state index in [-0.39, 0.29) is 11.8 Å². The number of nitrogens with two attached hydrogens (primary N) is 1. The summed E-state index contributed by atoms with van der Waals surface area (Å²) in [5.74, 6) is -1.23. The molecule has 3 amide bonds. The molecule has 0 unspecified atom stereocenters. The van der Waals surface area contributed by atoms with Gasteiger partial charge in [0.25, 0.3) is 17.7 Å². The third-order valence-electron chi connectivity index (χ3n) is 5.24. The fourth-order valence-electron chi connectivity index (χ4n) is 3.58. The number of hydrogen-bond donors (Lipinski definition) is 4. The number of aromatic nitrogens is 2. The number of anilines is 2. The van der Waals surface area contributed by atoms with E-state index in [1.807, 2.05) is 19.1 Å². The number of primary amides is 1. The number of nitrogens with zero attached hydrogens (tertiary/aromatic N) is 1. The molecule has 0 aliphatic rings. The van der Waals surface area contributed by atoms with Crippen molar-refractivity contribution < 1.29 is 14.4 Å². The van der Waals surface area contributed by atoms with Crippen LogP contribution in [0.3, 0.4) is 0 Å². The Balaban J connectivity index is 1.85. The van der Waals surface area contributed by atoms with E-state index in [0.29, 0.717) is 38.4 Å². The smallest absolute Gasteiger partial charge is 0.284 e. The maximum atomic E-state index is 12.5. The summed E-state index contributed by atoms with van der Waals surface area (Å²) in [6.07, 6.45) is 3.19. The minimum absolute atomic E-state index is 0.296. The Morgan fingerprint density at radius 1 is 1.09 bits per heavy atom. The molecule has 2 heterocycles. The normalized spacial score (nSPS) is 10.7. The fraction of sp³-hybridized carbons (Fsp3) is 0.0833. The maximum absolute atomic E-state index is 12.5. The number of rotatable bonds is 6. The van der Waals surface area contributed by atoms with Crippen molar-refractivity contribution in [3.05, 3.63) is 76.4 Å². The zero-order valence-electron chi connectivity index (χ0n) is 18.0. The monoisotopic (exact) mass is 459 g/mol. The molecule has 9 heteroatoms. The number of amides is 3. The largest absolute Gasteiger partial charge is 0.366 e. The van der Waals surface area contributed by atoms with Crippen LogP contribution in [-0.4, -0.2) is 27.7 Å². The predicted octanol–water partition coefficient (Wildman–Crippen LogP) is 4.47. The van der Waals surface area contributed by atoms with Crippen molar-refractivity contribution in [1.82, 2.24) is 9.97 Å². The number of carbonyl (C=O) groups excluding carboxylic acids is 3. The first-order chi connectivity index (χ1) is 15.8. The van der Waals surface area contributed by atoms with Gasteiger partial charge in [0.15, 0.2) is 5.01 Å². The second-order valence-electron chi connectivity index (χ2n) is 7.48. The average Bonchev–Trinajstić information content (AvgIpc) is 3.45. The predicted molar refractivity (Wildman–Crippen MR) is 131 cm³/mol. The number of thiazole rings is 1. The lowest BCUT2D eigenvalue weighted by Gasteiger charge is -2.15. The van der Waals surface area contributed by atoms with Gasteiger partial charge in [0.05, 0.1) is 16.8 Å². The van der Waals surface area contributed by atoms with Crippen LogP contribution >= 0.6 is 11.3 Å². The summed E-state index contributed by atoms with van der Waals surface area (Å²) in [4.78, 5) is 43.9. The van der Waals surface area contributed by atoms with Crippen molar-refractivity contribution in [2.75, 3.05) is 10.6 Å². The molecule has 166 valence electrons. The minimum Gasteiger partial charge on any atom is -0.366 e. The topological polar surface area (TPSA) is 130 Å². The molecule has 33 heavy (non-hydrogen) atoms. The molecule has 2 aromatic heterocycles. The van der Waals surface area contributed by atoms with Gasteiger partial charge in [0.2, 0.25) is 0 Å². The average molecular weight is 460 g/mol. The van der Waals surface area contributed by atoms with E-state index in [1.165, 1.54) is 11.3 Å². The summed E-state index contributed by atoms with van der Waals surface area (Å²) >= 11 is 1.26. The summed E-state index contributed by atoms with van der Waals surface area (Å²) in [6.45, 7) is 7.17. The molecule has 0 radical (unpaired) electrons. The molecule has 0 spiro atoms. The summed E-state index contributed by atoms with van der Waals surface area (Å²) in [5.41, 5.74) is 10.2. The lowest BCUT2D eigenvalue weighted by atomic mass is 9.94. The summed E-state index contributed by atoms with van der Waals surface area (Å²) in [5, 5.41) is 8.46. The Kier molecular flexibility index (Phi) is 5.80. The number of benzene rings is 2. The highest BCUT2D eigenvalue weighted by Crippen LogP contribution is 2.39. The van der Waals surface area contributed by atoms with Gasteiger partial charge < -0.3 is 21.4 Å². The number of fused-ring (bicyclic) bond motifs is 1. The van der Waals surface area contributed by atoms with E-state index in [9.17, 15) is 14.4 Å². The highest BCUT2D eigenvalue weighted by molar-refractivity contribution is 7.11. The molecule has 0 saturated heterocycles. The molecular weight excluding hydrogens is 438 g/mol. The third kappa shape index (κ3) is 4.13. The molecule has 0 aliphatic carbocycles. The van der Waals surface area contributed by atoms with Crippen molar-refractivity contribution in [2.24, 2.45) is 5.73 Å². The van der Waals surface area contributed by atoms with Crippen LogP contribution in [0.2, 0.25) is 0 Å². The number of H-pyrrole nitrogens is 1. The van der Waals surface area contributed by atoms with Crippen LogP contribution in [-0.2, 0) is 4.79 Å². The number of carbonyl (C=O) groups is 3. The van der Waals surface area contributed by atoms with Crippen LogP contribution in [0.25, 0.3) is 22.0 Å². The Morgan fingerprint density at radius 2 is 1.88 bits per heavy atom. The molecule has 8 nitrogen and oxygen atoms in total. The van der Waals surface area contributed by atoms with Crippen molar-refractivity contribution in [3.63, 3.8) is 0 Å². The standard InChI is InChI=1S/C24H21N5O3S/c1-12(2)22(31)29-18-11-27-20-16(21(25)30)8-7-15(19(18)20)14-5-4-6-17(13(14)3)28-23(32)24-26-9-10-33-24/h4-11,27H,1H2,2-3H3,(H2,25,30)(H,28,32)(H,29,31). The van der Waals surface area contributed by atoms with E-state index in [2.05, 4.69) is 27.2 Å². The molecular formula is C24H21N5O3S. The minimum atomic E-state index is -0.590. The Labute approximate surface area is 193 Å². The zero-order valence-corrected chi connectivity index (χ0v) is 18.8. The molecule has 0 saturated carbocycles. The van der Waals surface area contributed by atoms with Gasteiger partial charge in [-0.25, -0.2) is 4.98 Å². The van der Waals surface area contributed by atoms with Crippen molar-refractivity contribution in [3.8, 4) is 11.1 Å². The highest BCUT2D eigenvalue weighted by atomic mass is 32.1. The number of nitrogens with one attached hydrogen (secondary N) is 3. The SMILES string of the molecule is C=C(C)C(=O)Nc1c[nH]c2c(C(N)=O)ccc(-c3cccc(NC(=O)c4nccs4)c3C)c12. The molecule has 2 aromatic carbocycles. The van der Waals surface area contributed by atoms with Crippen molar-refractivity contribution in [1.29, 1.82) is 0 Å². The molecule has 0 aliphatic heterocycles. The van der Waals surface area contributed by atoms with E-state index < -0.39 is 5.91 Å². The molecule has 0 fully saturated rings. The van der Waals surface area contributed by atoms with Gasteiger partial charge in [0, 0.05) is 34.4 Å². The first-order valence-electron chi connectivity index (χ1n) is 9.99. The van der Waals surface area contributed by atoms with Crippen LogP contribution in [0.5, 0.6) is 0 Å². The van der Waals surface area contributed by atoms with Gasteiger partial charge in [-0.15, -0.1) is 11.3 Å². The van der Waals surface area contributed by atoms with Gasteiger partial charge in [0.1, 0.15) is 0 Å². The van der Waals surface area contributed by atoms with Crippen LogP contribution < -0.4 is 16.4 Å². The zero-order chi connectivity index (χ0) is 23.7. The Hall–Kier alpha value is -4.24. The summed E-state index contributed by atoms with van der Waals surface area (Å²) in [7, 11) is 0. The van der Waals surface area contributed by atoms with Gasteiger partial charge >= 0.3 is 0 Å². The molecule has 0 atom stereocenters. The number of hydrogen-bond acceptors (Lipinski definition) is 5. The second kappa shape index (κ2) is 8.71. The van der Waals surface area contributed by atoms with Gasteiger partial charge in [-0.1, -0.05) is 24.8 Å². The van der Waals surface area contributed by atoms with Gasteiger partial charge in [-0.2, -0.15) is 0 Å². The fourth-order valence-corrected chi connectivity index (χ4v) is 4.11. The van der Waals surface area contributed by atoms with Crippen molar-refractivity contribution >= 4 is 51.3 Å². The van der Waals surface area contributed by atoms with E-state index in [4.69, 9.17) is 5.73 Å². The van der Waals surface area contributed by atoms with Crippen molar-refractivity contribution in [2.45, 2.75) is 13.8 Å². The van der Waals surface area contributed by atoms with E-state index in [0.717, 1.165) is 16.7 Å². The van der Waals surface area contributed by atoms with Gasteiger partial charge in [-0.3, -0.25) is 14.4 Å². The quantitative estimate of drug-likeness (QED) is 0.317. The second-order valence-corrected chi connectivity index (χ2v) is 8.38. The molecule has 5 N–H and O–H groups in total. The molecule has 4 aromatic rings. The molecule has 0 bridgehead atoms. The Bertz CT molecular complexity index is 1420. The lowest BCUT2D eigenvalue weighted by molar-refractivity contribution is -0.112. The lowest BCUT2D eigenvalue weighted by Crippen LogP contribution is -2.13. The summed E-state index contributed by atoms with van der Waals surface area (Å²) < 4.78 is 0. The van der Waals surface area contributed by atoms with Crippen LogP contribution in [0.15, 0.2) is 60.3 Å². The van der Waals surface area contributed by atoms with Gasteiger partial charge in [-0.05, 0) is 42.7 Å². The third-order valence-corrected chi connectivity index (χ3v) is 6.01. The number of aromatic amines is 1. The Morgan fingerprint density at radius 3 is 2.55 bits per heavy atom. The van der Waals surface area contributed by atoms with Crippen LogP contribution in [0, 0.1) is 6.92 Å².